The summed E-state index contributed by atoms with van der Waals surface area (Å²) in [4.78, 5) is 16.3. The molecule has 1 saturated heterocycles. The SMILES string of the molecule is Cc1cc(Nc2nc(N[C@@H]3CCOC[C@@H]3N)nnc2C(N)=O)c2ccn(C)c2c1. The number of benzene rings is 1. The van der Waals surface area contributed by atoms with Crippen LogP contribution >= 0.6 is 0 Å². The van der Waals surface area contributed by atoms with Crippen molar-refractivity contribution in [3.8, 4) is 0 Å². The van der Waals surface area contributed by atoms with Crippen LogP contribution in [0.25, 0.3) is 10.9 Å². The summed E-state index contributed by atoms with van der Waals surface area (Å²) in [6.07, 6.45) is 2.70. The summed E-state index contributed by atoms with van der Waals surface area (Å²) in [7, 11) is 1.98. The molecular weight excluding hydrogens is 372 g/mol. The number of nitrogens with one attached hydrogen (secondary N) is 2. The summed E-state index contributed by atoms with van der Waals surface area (Å²) < 4.78 is 7.39. The highest BCUT2D eigenvalue weighted by Gasteiger charge is 2.24. The van der Waals surface area contributed by atoms with Gasteiger partial charge in [-0.2, -0.15) is 4.98 Å². The normalized spacial score (nSPS) is 19.3. The Labute approximate surface area is 167 Å². The molecule has 3 aromatic rings. The first kappa shape index (κ1) is 19.1. The number of primary amides is 1. The zero-order chi connectivity index (χ0) is 20.5. The predicted octanol–water partition coefficient (Wildman–Crippen LogP) is 1.04. The third-order valence-corrected chi connectivity index (χ3v) is 5.04. The summed E-state index contributed by atoms with van der Waals surface area (Å²) >= 11 is 0. The molecule has 10 nitrogen and oxygen atoms in total. The van der Waals surface area contributed by atoms with Gasteiger partial charge in [-0.1, -0.05) is 0 Å². The van der Waals surface area contributed by atoms with E-state index in [1.807, 2.05) is 36.9 Å². The zero-order valence-corrected chi connectivity index (χ0v) is 16.3. The highest BCUT2D eigenvalue weighted by atomic mass is 16.5. The lowest BCUT2D eigenvalue weighted by molar-refractivity contribution is 0.0751. The fraction of sp³-hybridized carbons (Fsp3) is 0.368. The van der Waals surface area contributed by atoms with E-state index < -0.39 is 5.91 Å². The lowest BCUT2D eigenvalue weighted by Crippen LogP contribution is -2.48. The number of anilines is 3. The van der Waals surface area contributed by atoms with E-state index in [-0.39, 0.29) is 29.5 Å². The number of carbonyl (C=O) groups is 1. The lowest BCUT2D eigenvalue weighted by Gasteiger charge is -2.29. The van der Waals surface area contributed by atoms with Crippen molar-refractivity contribution in [3.63, 3.8) is 0 Å². The first-order chi connectivity index (χ1) is 13.9. The molecule has 0 aliphatic carbocycles. The van der Waals surface area contributed by atoms with Crippen molar-refractivity contribution in [1.29, 1.82) is 0 Å². The third kappa shape index (κ3) is 3.84. The van der Waals surface area contributed by atoms with Crippen LogP contribution in [0.2, 0.25) is 0 Å². The molecule has 29 heavy (non-hydrogen) atoms. The maximum absolute atomic E-state index is 11.9. The van der Waals surface area contributed by atoms with Crippen molar-refractivity contribution >= 4 is 34.3 Å². The van der Waals surface area contributed by atoms with Crippen LogP contribution in [0.1, 0.15) is 22.5 Å². The number of aryl methyl sites for hydroxylation is 2. The van der Waals surface area contributed by atoms with Crippen molar-refractivity contribution in [2.45, 2.75) is 25.4 Å². The fourth-order valence-electron chi connectivity index (χ4n) is 3.49. The largest absolute Gasteiger partial charge is 0.380 e. The van der Waals surface area contributed by atoms with Crippen LogP contribution in [-0.4, -0.2) is 51.0 Å². The first-order valence-corrected chi connectivity index (χ1v) is 9.39. The molecule has 1 aliphatic rings. The topological polar surface area (TPSA) is 146 Å². The molecule has 1 aliphatic heterocycles. The van der Waals surface area contributed by atoms with Crippen LogP contribution in [-0.2, 0) is 11.8 Å². The first-order valence-electron chi connectivity index (χ1n) is 9.39. The van der Waals surface area contributed by atoms with Crippen molar-refractivity contribution in [2.24, 2.45) is 18.5 Å². The second-order valence-corrected chi connectivity index (χ2v) is 7.27. The molecule has 1 amide bonds. The number of aromatic nitrogens is 4. The van der Waals surface area contributed by atoms with Crippen LogP contribution in [0.15, 0.2) is 24.4 Å². The Kier molecular flexibility index (Phi) is 5.03. The lowest BCUT2D eigenvalue weighted by atomic mass is 10.1. The summed E-state index contributed by atoms with van der Waals surface area (Å²) in [6, 6.07) is 5.85. The molecule has 2 aromatic heterocycles. The van der Waals surface area contributed by atoms with E-state index in [4.69, 9.17) is 16.2 Å². The monoisotopic (exact) mass is 396 g/mol. The van der Waals surface area contributed by atoms with Gasteiger partial charge in [-0.25, -0.2) is 0 Å². The molecule has 1 aromatic carbocycles. The number of nitrogens with two attached hydrogens (primary N) is 2. The zero-order valence-electron chi connectivity index (χ0n) is 16.3. The van der Waals surface area contributed by atoms with Crippen LogP contribution < -0.4 is 22.1 Å². The van der Waals surface area contributed by atoms with Gasteiger partial charge in [-0.15, -0.1) is 10.2 Å². The van der Waals surface area contributed by atoms with Crippen molar-refractivity contribution in [1.82, 2.24) is 19.7 Å². The molecule has 3 heterocycles. The molecule has 0 spiro atoms. The van der Waals surface area contributed by atoms with Gasteiger partial charge < -0.3 is 31.4 Å². The minimum Gasteiger partial charge on any atom is -0.380 e. The highest BCUT2D eigenvalue weighted by Crippen LogP contribution is 2.29. The minimum atomic E-state index is -0.709. The minimum absolute atomic E-state index is 0.0302. The van der Waals surface area contributed by atoms with Crippen LogP contribution in [0.5, 0.6) is 0 Å². The van der Waals surface area contributed by atoms with Gasteiger partial charge in [-0.05, 0) is 37.1 Å². The average molecular weight is 396 g/mol. The maximum atomic E-state index is 11.9. The van der Waals surface area contributed by atoms with E-state index in [0.29, 0.717) is 13.2 Å². The van der Waals surface area contributed by atoms with E-state index in [1.54, 1.807) is 0 Å². The fourth-order valence-corrected chi connectivity index (χ4v) is 3.49. The molecule has 0 unspecified atom stereocenters. The molecule has 0 bridgehead atoms. The second-order valence-electron chi connectivity index (χ2n) is 7.27. The summed E-state index contributed by atoms with van der Waals surface area (Å²) in [5.74, 6) is -0.193. The smallest absolute Gasteiger partial charge is 0.273 e. The summed E-state index contributed by atoms with van der Waals surface area (Å²) in [5.41, 5.74) is 14.5. The van der Waals surface area contributed by atoms with Crippen molar-refractivity contribution in [2.75, 3.05) is 23.8 Å². The third-order valence-electron chi connectivity index (χ3n) is 5.04. The van der Waals surface area contributed by atoms with Crippen molar-refractivity contribution < 1.29 is 9.53 Å². The van der Waals surface area contributed by atoms with Gasteiger partial charge in [0.25, 0.3) is 5.91 Å². The number of nitrogens with zero attached hydrogens (tertiary/aromatic N) is 4. The van der Waals surface area contributed by atoms with Crippen LogP contribution in [0.4, 0.5) is 17.5 Å². The van der Waals surface area contributed by atoms with Gasteiger partial charge in [-0.3, -0.25) is 4.79 Å². The van der Waals surface area contributed by atoms with Gasteiger partial charge in [0.2, 0.25) is 5.95 Å². The summed E-state index contributed by atoms with van der Waals surface area (Å²) in [5, 5.41) is 15.4. The van der Waals surface area contributed by atoms with Gasteiger partial charge in [0.15, 0.2) is 11.5 Å². The number of hydrogen-bond acceptors (Lipinski definition) is 8. The number of hydrogen-bond donors (Lipinski definition) is 4. The Hall–Kier alpha value is -3.24. The average Bonchev–Trinajstić information content (AvgIpc) is 3.04. The van der Waals surface area contributed by atoms with Crippen LogP contribution in [0, 0.1) is 6.92 Å². The maximum Gasteiger partial charge on any atom is 0.273 e. The Bertz CT molecular complexity index is 1060. The number of ether oxygens (including phenoxy) is 1. The molecule has 6 N–H and O–H groups in total. The molecule has 0 saturated carbocycles. The Morgan fingerprint density at radius 3 is 2.93 bits per heavy atom. The predicted molar refractivity (Wildman–Crippen MR) is 110 cm³/mol. The molecule has 10 heteroatoms. The summed E-state index contributed by atoms with van der Waals surface area (Å²) in [6.45, 7) is 3.08. The molecule has 2 atom stereocenters. The van der Waals surface area contributed by atoms with Gasteiger partial charge in [0, 0.05) is 43.0 Å². The standard InChI is InChI=1S/C19H24N8O2/c1-10-7-14(11-3-5-27(2)15(11)8-10)22-18-16(17(21)28)25-26-19(24-18)23-13-4-6-29-9-12(13)20/h3,5,7-8,12-13H,4,6,9,20H2,1-2H3,(H2,21,28)(H2,22,23,24,26)/t12-,13+/m0/s1. The van der Waals surface area contributed by atoms with E-state index in [2.05, 4.69) is 31.9 Å². The number of carbonyl (C=O) groups excluding carboxylic acids is 1. The molecule has 1 fully saturated rings. The Balaban J connectivity index is 1.69. The van der Waals surface area contributed by atoms with E-state index in [0.717, 1.165) is 28.6 Å². The molecule has 152 valence electrons. The van der Waals surface area contributed by atoms with Gasteiger partial charge in [0.05, 0.1) is 12.1 Å². The van der Waals surface area contributed by atoms with Gasteiger partial charge in [0.1, 0.15) is 0 Å². The highest BCUT2D eigenvalue weighted by molar-refractivity contribution is 5.99. The number of fused-ring (bicyclic) bond motifs is 1. The Morgan fingerprint density at radius 1 is 1.34 bits per heavy atom. The van der Waals surface area contributed by atoms with E-state index in [9.17, 15) is 4.79 Å². The molecular formula is C19H24N8O2. The van der Waals surface area contributed by atoms with E-state index in [1.165, 1.54) is 0 Å². The van der Waals surface area contributed by atoms with Crippen molar-refractivity contribution in [3.05, 3.63) is 35.7 Å². The van der Waals surface area contributed by atoms with Gasteiger partial charge >= 0.3 is 0 Å². The van der Waals surface area contributed by atoms with E-state index >= 15 is 0 Å². The number of rotatable bonds is 5. The second kappa shape index (κ2) is 7.64. The van der Waals surface area contributed by atoms with Crippen LogP contribution in [0.3, 0.4) is 0 Å². The Morgan fingerprint density at radius 2 is 2.17 bits per heavy atom. The number of amides is 1. The quantitative estimate of drug-likeness (QED) is 0.500. The molecule has 4 rings (SSSR count). The molecule has 0 radical (unpaired) electrons.